The Labute approximate surface area is 111 Å². The minimum atomic E-state index is -4.40. The lowest BCUT2D eigenvalue weighted by atomic mass is 10.1. The molecule has 0 saturated carbocycles. The van der Waals surface area contributed by atoms with Gasteiger partial charge in [-0.3, -0.25) is 5.10 Å². The Balaban J connectivity index is 2.17. The second-order valence-corrected chi connectivity index (χ2v) is 5.44. The van der Waals surface area contributed by atoms with E-state index in [1.54, 1.807) is 0 Å². The molecule has 6 nitrogen and oxygen atoms in total. The molecule has 108 valence electrons. The van der Waals surface area contributed by atoms with Crippen molar-refractivity contribution in [2.45, 2.75) is 17.8 Å². The number of H-pyrrole nitrogens is 1. The molecule has 0 aliphatic rings. The van der Waals surface area contributed by atoms with Crippen LogP contribution >= 0.6 is 0 Å². The predicted octanol–water partition coefficient (Wildman–Crippen LogP) is 1.06. The van der Waals surface area contributed by atoms with Crippen LogP contribution in [-0.4, -0.2) is 23.6 Å². The molecule has 0 bridgehead atoms. The van der Waals surface area contributed by atoms with Crippen molar-refractivity contribution in [1.29, 1.82) is 0 Å². The second kappa shape index (κ2) is 4.87. The third kappa shape index (κ3) is 3.33. The number of alkyl halides is 3. The van der Waals surface area contributed by atoms with Gasteiger partial charge in [0.15, 0.2) is 0 Å². The van der Waals surface area contributed by atoms with E-state index in [0.29, 0.717) is 5.56 Å². The molecule has 0 saturated heterocycles. The smallest absolute Gasteiger partial charge is 0.262 e. The molecule has 0 atom stereocenters. The van der Waals surface area contributed by atoms with Gasteiger partial charge in [-0.25, -0.2) is 18.5 Å². The van der Waals surface area contributed by atoms with E-state index in [4.69, 9.17) is 5.14 Å². The van der Waals surface area contributed by atoms with Gasteiger partial charge in [-0.15, -0.1) is 5.10 Å². The van der Waals surface area contributed by atoms with E-state index in [2.05, 4.69) is 15.2 Å². The van der Waals surface area contributed by atoms with Crippen molar-refractivity contribution in [3.63, 3.8) is 0 Å². The number of hydrogen-bond donors (Lipinski definition) is 2. The van der Waals surface area contributed by atoms with Crippen LogP contribution in [0.4, 0.5) is 13.2 Å². The van der Waals surface area contributed by atoms with Gasteiger partial charge in [0.05, 0.1) is 5.56 Å². The molecule has 1 aromatic carbocycles. The summed E-state index contributed by atoms with van der Waals surface area (Å²) >= 11 is 0. The minimum absolute atomic E-state index is 0.112. The minimum Gasteiger partial charge on any atom is -0.262 e. The highest BCUT2D eigenvalue weighted by molar-refractivity contribution is 7.89. The van der Waals surface area contributed by atoms with Gasteiger partial charge in [0.25, 0.3) is 15.2 Å². The first-order chi connectivity index (χ1) is 9.16. The summed E-state index contributed by atoms with van der Waals surface area (Å²) in [6, 6.07) is 4.43. The van der Waals surface area contributed by atoms with Crippen LogP contribution in [0.3, 0.4) is 0 Å². The van der Waals surface area contributed by atoms with Gasteiger partial charge >= 0.3 is 6.18 Å². The second-order valence-electron chi connectivity index (χ2n) is 3.98. The van der Waals surface area contributed by atoms with Crippen LogP contribution in [0.2, 0.25) is 0 Å². The summed E-state index contributed by atoms with van der Waals surface area (Å²) in [6.07, 6.45) is -4.29. The van der Waals surface area contributed by atoms with Crippen LogP contribution in [0, 0.1) is 0 Å². The fourth-order valence-corrected chi connectivity index (χ4v) is 1.90. The summed E-state index contributed by atoms with van der Waals surface area (Å²) < 4.78 is 59.0. The van der Waals surface area contributed by atoms with Crippen LogP contribution in [0.25, 0.3) is 0 Å². The number of aromatic nitrogens is 3. The number of nitrogens with zero attached hydrogens (tertiary/aromatic N) is 2. The maximum atomic E-state index is 12.4. The molecule has 0 amide bonds. The molecule has 0 aliphatic carbocycles. The van der Waals surface area contributed by atoms with Gasteiger partial charge in [-0.1, -0.05) is 12.1 Å². The Hall–Kier alpha value is -1.94. The van der Waals surface area contributed by atoms with E-state index < -0.39 is 26.9 Å². The molecule has 2 aromatic rings. The zero-order valence-electron chi connectivity index (χ0n) is 9.85. The van der Waals surface area contributed by atoms with Gasteiger partial charge in [-0.05, 0) is 17.7 Å². The number of rotatable bonds is 3. The van der Waals surface area contributed by atoms with E-state index in [1.807, 2.05) is 0 Å². The summed E-state index contributed by atoms with van der Waals surface area (Å²) in [5.41, 5.74) is -0.237. The molecule has 0 spiro atoms. The largest absolute Gasteiger partial charge is 0.416 e. The van der Waals surface area contributed by atoms with Crippen molar-refractivity contribution in [3.8, 4) is 0 Å². The summed E-state index contributed by atoms with van der Waals surface area (Å²) in [5, 5.41) is 10.1. The summed E-state index contributed by atoms with van der Waals surface area (Å²) in [5.74, 6) is 0.189. The normalized spacial score (nSPS) is 12.6. The SMILES string of the molecule is NS(=O)(=O)c1n[nH]c(Cc2ccc(C(F)(F)F)cc2)n1. The first-order valence-electron chi connectivity index (χ1n) is 5.26. The first-order valence-corrected chi connectivity index (χ1v) is 6.81. The standard InChI is InChI=1S/C10H9F3N4O2S/c11-10(12,13)7-3-1-6(2-4-7)5-8-15-9(17-16-8)20(14,18)19/h1-4H,5H2,(H2,14,18,19)(H,15,16,17). The molecular weight excluding hydrogens is 297 g/mol. The summed E-state index contributed by atoms with van der Waals surface area (Å²) in [7, 11) is -4.00. The first kappa shape index (κ1) is 14.5. The van der Waals surface area contributed by atoms with Crippen molar-refractivity contribution in [2.75, 3.05) is 0 Å². The van der Waals surface area contributed by atoms with E-state index in [1.165, 1.54) is 12.1 Å². The number of sulfonamides is 1. The van der Waals surface area contributed by atoms with Gasteiger partial charge in [0, 0.05) is 6.42 Å². The van der Waals surface area contributed by atoms with Crippen LogP contribution in [0.15, 0.2) is 29.4 Å². The van der Waals surface area contributed by atoms with Crippen molar-refractivity contribution < 1.29 is 21.6 Å². The topological polar surface area (TPSA) is 102 Å². The third-order valence-corrected chi connectivity index (χ3v) is 3.11. The average molecular weight is 306 g/mol. The zero-order chi connectivity index (χ0) is 15.0. The van der Waals surface area contributed by atoms with Crippen molar-refractivity contribution >= 4 is 10.0 Å². The zero-order valence-corrected chi connectivity index (χ0v) is 10.7. The van der Waals surface area contributed by atoms with Gasteiger partial charge < -0.3 is 0 Å². The Kier molecular flexibility index (Phi) is 3.52. The summed E-state index contributed by atoms with van der Waals surface area (Å²) in [6.45, 7) is 0. The summed E-state index contributed by atoms with van der Waals surface area (Å²) in [4.78, 5) is 3.65. The molecule has 0 fully saturated rings. The maximum Gasteiger partial charge on any atom is 0.416 e. The average Bonchev–Trinajstić information content (AvgIpc) is 2.77. The maximum absolute atomic E-state index is 12.4. The van der Waals surface area contributed by atoms with Gasteiger partial charge in [-0.2, -0.15) is 13.2 Å². The number of nitrogens with one attached hydrogen (secondary N) is 1. The lowest BCUT2D eigenvalue weighted by Gasteiger charge is -2.06. The van der Waals surface area contributed by atoms with Crippen molar-refractivity contribution in [2.24, 2.45) is 5.14 Å². The van der Waals surface area contributed by atoms with E-state index in [9.17, 15) is 21.6 Å². The number of benzene rings is 1. The lowest BCUT2D eigenvalue weighted by Crippen LogP contribution is -2.14. The molecule has 20 heavy (non-hydrogen) atoms. The molecule has 1 aromatic heterocycles. The highest BCUT2D eigenvalue weighted by Crippen LogP contribution is 2.29. The fraction of sp³-hybridized carbons (Fsp3) is 0.200. The Bertz CT molecular complexity index is 707. The predicted molar refractivity (Wildman–Crippen MR) is 62.0 cm³/mol. The lowest BCUT2D eigenvalue weighted by molar-refractivity contribution is -0.137. The van der Waals surface area contributed by atoms with E-state index in [-0.39, 0.29) is 12.2 Å². The number of primary sulfonamides is 1. The molecule has 1 heterocycles. The Morgan fingerprint density at radius 2 is 1.80 bits per heavy atom. The van der Waals surface area contributed by atoms with Crippen LogP contribution in [0.5, 0.6) is 0 Å². The number of nitrogens with two attached hydrogens (primary N) is 1. The van der Waals surface area contributed by atoms with Crippen LogP contribution in [-0.2, 0) is 22.6 Å². The van der Waals surface area contributed by atoms with Crippen LogP contribution in [0.1, 0.15) is 17.0 Å². The fourth-order valence-electron chi connectivity index (χ4n) is 1.49. The highest BCUT2D eigenvalue weighted by Gasteiger charge is 2.29. The highest BCUT2D eigenvalue weighted by atomic mass is 32.2. The van der Waals surface area contributed by atoms with Crippen LogP contribution < -0.4 is 5.14 Å². The molecule has 10 heteroatoms. The molecule has 0 aliphatic heterocycles. The molecule has 0 unspecified atom stereocenters. The molecule has 3 N–H and O–H groups in total. The third-order valence-electron chi connectivity index (χ3n) is 2.42. The quantitative estimate of drug-likeness (QED) is 0.885. The molecule has 2 rings (SSSR count). The molecular formula is C10H9F3N4O2S. The Morgan fingerprint density at radius 1 is 1.20 bits per heavy atom. The van der Waals surface area contributed by atoms with Crippen molar-refractivity contribution in [3.05, 3.63) is 41.2 Å². The Morgan fingerprint density at radius 3 is 2.25 bits per heavy atom. The van der Waals surface area contributed by atoms with Gasteiger partial charge in [0.2, 0.25) is 0 Å². The van der Waals surface area contributed by atoms with Crippen molar-refractivity contribution in [1.82, 2.24) is 15.2 Å². The van der Waals surface area contributed by atoms with E-state index in [0.717, 1.165) is 12.1 Å². The number of halogens is 3. The molecule has 0 radical (unpaired) electrons. The number of aromatic amines is 1. The number of hydrogen-bond acceptors (Lipinski definition) is 4. The monoisotopic (exact) mass is 306 g/mol. The van der Waals surface area contributed by atoms with Gasteiger partial charge in [0.1, 0.15) is 5.82 Å². The van der Waals surface area contributed by atoms with E-state index >= 15 is 0 Å².